The Hall–Kier alpha value is -1.18. The lowest BCUT2D eigenvalue weighted by atomic mass is 9.91. The Balaban J connectivity index is 1.84. The van der Waals surface area contributed by atoms with Crippen LogP contribution in [-0.4, -0.2) is 12.6 Å². The van der Waals surface area contributed by atoms with E-state index in [0.29, 0.717) is 6.04 Å². The van der Waals surface area contributed by atoms with Crippen LogP contribution in [-0.2, 0) is 12.8 Å². The SMILES string of the molecule is CCCCC1CCc2ccc3c(c2N1)NCCC3. The van der Waals surface area contributed by atoms with E-state index in [1.165, 1.54) is 67.4 Å². The van der Waals surface area contributed by atoms with E-state index in [-0.39, 0.29) is 0 Å². The van der Waals surface area contributed by atoms with E-state index in [1.807, 2.05) is 0 Å². The third kappa shape index (κ3) is 2.21. The summed E-state index contributed by atoms with van der Waals surface area (Å²) < 4.78 is 0. The fraction of sp³-hybridized carbons (Fsp3) is 0.625. The Labute approximate surface area is 110 Å². The van der Waals surface area contributed by atoms with Gasteiger partial charge < -0.3 is 10.6 Å². The summed E-state index contributed by atoms with van der Waals surface area (Å²) in [7, 11) is 0. The molecule has 0 fully saturated rings. The van der Waals surface area contributed by atoms with E-state index in [1.54, 1.807) is 0 Å². The van der Waals surface area contributed by atoms with Gasteiger partial charge in [-0.1, -0.05) is 31.9 Å². The predicted molar refractivity (Wildman–Crippen MR) is 78.5 cm³/mol. The Morgan fingerprint density at radius 2 is 2.00 bits per heavy atom. The van der Waals surface area contributed by atoms with Crippen molar-refractivity contribution in [3.05, 3.63) is 23.3 Å². The third-order valence-electron chi connectivity index (χ3n) is 4.32. The summed E-state index contributed by atoms with van der Waals surface area (Å²) >= 11 is 0. The zero-order chi connectivity index (χ0) is 12.4. The average Bonchev–Trinajstić information content (AvgIpc) is 2.45. The standard InChI is InChI=1S/C16H24N2/c1-2-3-6-14-10-9-13-8-7-12-5-4-11-17-15(12)16(13)18-14/h7-8,14,17-18H,2-6,9-11H2,1H3. The zero-order valence-corrected chi connectivity index (χ0v) is 11.4. The number of hydrogen-bond acceptors (Lipinski definition) is 2. The fourth-order valence-electron chi connectivity index (χ4n) is 3.24. The van der Waals surface area contributed by atoms with Crippen molar-refractivity contribution in [3.8, 4) is 0 Å². The van der Waals surface area contributed by atoms with Crippen LogP contribution in [0, 0.1) is 0 Å². The fourth-order valence-corrected chi connectivity index (χ4v) is 3.24. The van der Waals surface area contributed by atoms with Gasteiger partial charge in [-0.15, -0.1) is 0 Å². The highest BCUT2D eigenvalue weighted by Gasteiger charge is 2.22. The molecule has 0 saturated carbocycles. The minimum absolute atomic E-state index is 0.688. The van der Waals surface area contributed by atoms with Gasteiger partial charge >= 0.3 is 0 Å². The summed E-state index contributed by atoms with van der Waals surface area (Å²) in [6, 6.07) is 5.35. The summed E-state index contributed by atoms with van der Waals surface area (Å²) in [5.41, 5.74) is 5.83. The molecule has 3 rings (SSSR count). The topological polar surface area (TPSA) is 24.1 Å². The van der Waals surface area contributed by atoms with Gasteiger partial charge in [-0.25, -0.2) is 0 Å². The number of aryl methyl sites for hydroxylation is 2. The molecule has 1 unspecified atom stereocenters. The molecule has 2 heterocycles. The molecule has 2 aliphatic rings. The van der Waals surface area contributed by atoms with Gasteiger partial charge in [0.25, 0.3) is 0 Å². The van der Waals surface area contributed by atoms with Crippen molar-refractivity contribution in [1.29, 1.82) is 0 Å². The quantitative estimate of drug-likeness (QED) is 0.841. The molecule has 98 valence electrons. The highest BCUT2D eigenvalue weighted by atomic mass is 15.0. The first-order chi connectivity index (χ1) is 8.88. The molecule has 1 aromatic carbocycles. The molecule has 18 heavy (non-hydrogen) atoms. The van der Waals surface area contributed by atoms with Crippen molar-refractivity contribution in [2.24, 2.45) is 0 Å². The highest BCUT2D eigenvalue weighted by molar-refractivity contribution is 5.77. The molecule has 2 N–H and O–H groups in total. The lowest BCUT2D eigenvalue weighted by Crippen LogP contribution is -2.27. The number of rotatable bonds is 3. The molecule has 2 aliphatic heterocycles. The summed E-state index contributed by atoms with van der Waals surface area (Å²) in [4.78, 5) is 0. The van der Waals surface area contributed by atoms with E-state index >= 15 is 0 Å². The van der Waals surface area contributed by atoms with E-state index in [9.17, 15) is 0 Å². The molecular weight excluding hydrogens is 220 g/mol. The number of unbranched alkanes of at least 4 members (excludes halogenated alkanes) is 1. The molecular formula is C16H24N2. The average molecular weight is 244 g/mol. The molecule has 0 spiro atoms. The molecule has 0 amide bonds. The summed E-state index contributed by atoms with van der Waals surface area (Å²) in [6.45, 7) is 3.41. The van der Waals surface area contributed by atoms with Crippen LogP contribution < -0.4 is 10.6 Å². The van der Waals surface area contributed by atoms with Crippen LogP contribution in [0.5, 0.6) is 0 Å². The van der Waals surface area contributed by atoms with Crippen molar-refractivity contribution in [3.63, 3.8) is 0 Å². The first-order valence-electron chi connectivity index (χ1n) is 7.53. The summed E-state index contributed by atoms with van der Waals surface area (Å²) in [5.74, 6) is 0. The summed E-state index contributed by atoms with van der Waals surface area (Å²) in [5, 5.41) is 7.40. The largest absolute Gasteiger partial charge is 0.383 e. The van der Waals surface area contributed by atoms with E-state index in [0.717, 1.165) is 6.54 Å². The van der Waals surface area contributed by atoms with Crippen molar-refractivity contribution >= 4 is 11.4 Å². The Morgan fingerprint density at radius 3 is 2.83 bits per heavy atom. The van der Waals surface area contributed by atoms with Crippen LogP contribution in [0.15, 0.2) is 12.1 Å². The van der Waals surface area contributed by atoms with E-state index in [2.05, 4.69) is 29.7 Å². The summed E-state index contributed by atoms with van der Waals surface area (Å²) in [6.07, 6.45) is 9.00. The van der Waals surface area contributed by atoms with Gasteiger partial charge in [-0.3, -0.25) is 0 Å². The molecule has 2 heteroatoms. The van der Waals surface area contributed by atoms with Crippen LogP contribution in [0.2, 0.25) is 0 Å². The molecule has 0 bridgehead atoms. The second-order valence-corrected chi connectivity index (χ2v) is 5.69. The van der Waals surface area contributed by atoms with Crippen molar-refractivity contribution in [2.75, 3.05) is 17.2 Å². The normalized spacial score (nSPS) is 21.5. The van der Waals surface area contributed by atoms with Gasteiger partial charge in [-0.05, 0) is 43.2 Å². The minimum Gasteiger partial charge on any atom is -0.383 e. The molecule has 0 radical (unpaired) electrons. The first-order valence-corrected chi connectivity index (χ1v) is 7.53. The van der Waals surface area contributed by atoms with E-state index in [4.69, 9.17) is 0 Å². The van der Waals surface area contributed by atoms with Crippen LogP contribution in [0.3, 0.4) is 0 Å². The second-order valence-electron chi connectivity index (χ2n) is 5.69. The number of benzene rings is 1. The number of hydrogen-bond donors (Lipinski definition) is 2. The highest BCUT2D eigenvalue weighted by Crippen LogP contribution is 2.37. The van der Waals surface area contributed by atoms with Gasteiger partial charge in [0.15, 0.2) is 0 Å². The zero-order valence-electron chi connectivity index (χ0n) is 11.4. The molecule has 1 atom stereocenters. The second kappa shape index (κ2) is 5.21. The van der Waals surface area contributed by atoms with Gasteiger partial charge in [0.2, 0.25) is 0 Å². The minimum atomic E-state index is 0.688. The van der Waals surface area contributed by atoms with Gasteiger partial charge in [-0.2, -0.15) is 0 Å². The third-order valence-corrected chi connectivity index (χ3v) is 4.32. The Morgan fingerprint density at radius 1 is 1.17 bits per heavy atom. The van der Waals surface area contributed by atoms with Crippen LogP contribution >= 0.6 is 0 Å². The van der Waals surface area contributed by atoms with Crippen molar-refractivity contribution in [2.45, 2.75) is 57.9 Å². The number of anilines is 2. The molecule has 2 nitrogen and oxygen atoms in total. The van der Waals surface area contributed by atoms with Crippen molar-refractivity contribution < 1.29 is 0 Å². The molecule has 1 aromatic rings. The van der Waals surface area contributed by atoms with Gasteiger partial charge in [0.05, 0.1) is 11.4 Å². The van der Waals surface area contributed by atoms with Crippen LogP contribution in [0.25, 0.3) is 0 Å². The molecule has 0 aliphatic carbocycles. The molecule has 0 aromatic heterocycles. The Kier molecular flexibility index (Phi) is 3.44. The maximum atomic E-state index is 3.80. The van der Waals surface area contributed by atoms with Crippen LogP contribution in [0.1, 0.15) is 50.2 Å². The lowest BCUT2D eigenvalue weighted by Gasteiger charge is -2.32. The maximum Gasteiger partial charge on any atom is 0.0613 e. The predicted octanol–water partition coefficient (Wildman–Crippen LogP) is 3.96. The number of nitrogens with one attached hydrogen (secondary N) is 2. The lowest BCUT2D eigenvalue weighted by molar-refractivity contribution is 0.557. The first kappa shape index (κ1) is 11.9. The van der Waals surface area contributed by atoms with Crippen LogP contribution in [0.4, 0.5) is 11.4 Å². The van der Waals surface area contributed by atoms with E-state index < -0.39 is 0 Å². The monoisotopic (exact) mass is 244 g/mol. The number of fused-ring (bicyclic) bond motifs is 3. The van der Waals surface area contributed by atoms with Gasteiger partial charge in [0.1, 0.15) is 0 Å². The maximum absolute atomic E-state index is 3.80. The van der Waals surface area contributed by atoms with Crippen molar-refractivity contribution in [1.82, 2.24) is 0 Å². The molecule has 0 saturated heterocycles. The smallest absolute Gasteiger partial charge is 0.0613 e. The van der Waals surface area contributed by atoms with Gasteiger partial charge in [0, 0.05) is 12.6 Å². The Bertz CT molecular complexity index is 425.